The van der Waals surface area contributed by atoms with Crippen LogP contribution < -0.4 is 10.3 Å². The van der Waals surface area contributed by atoms with Gasteiger partial charge < -0.3 is 15.0 Å². The van der Waals surface area contributed by atoms with E-state index in [2.05, 4.69) is 29.6 Å². The molecule has 1 spiro atoms. The smallest absolute Gasteiger partial charge is 0.336 e. The summed E-state index contributed by atoms with van der Waals surface area (Å²) in [4.78, 5) is 26.9. The Labute approximate surface area is 199 Å². The maximum absolute atomic E-state index is 13.3. The Bertz CT molecular complexity index is 1090. The lowest BCUT2D eigenvalue weighted by atomic mass is 9.71. The number of esters is 1. The van der Waals surface area contributed by atoms with Crippen molar-refractivity contribution in [2.75, 3.05) is 18.2 Å². The normalized spacial score (nSPS) is 27.9. The van der Waals surface area contributed by atoms with E-state index in [0.29, 0.717) is 30.4 Å². The molecule has 1 saturated carbocycles. The van der Waals surface area contributed by atoms with Gasteiger partial charge in [-0.1, -0.05) is 17.4 Å². The van der Waals surface area contributed by atoms with Crippen LogP contribution in [0.1, 0.15) is 69.5 Å². The molecule has 4 aliphatic rings. The van der Waals surface area contributed by atoms with E-state index in [1.165, 1.54) is 10.6 Å². The summed E-state index contributed by atoms with van der Waals surface area (Å²) in [6, 6.07) is 6.70. The molecule has 1 amide bonds. The Balaban J connectivity index is 1.21. The predicted molar refractivity (Wildman–Crippen MR) is 126 cm³/mol. The summed E-state index contributed by atoms with van der Waals surface area (Å²) < 4.78 is 5.12. The molecule has 180 valence electrons. The number of carbonyl (C=O) groups is 2. The van der Waals surface area contributed by atoms with Gasteiger partial charge >= 0.3 is 5.97 Å². The van der Waals surface area contributed by atoms with E-state index in [-0.39, 0.29) is 29.9 Å². The molecule has 2 fully saturated rings. The minimum absolute atomic E-state index is 0.163. The highest BCUT2D eigenvalue weighted by Crippen LogP contribution is 2.46. The molecule has 34 heavy (non-hydrogen) atoms. The van der Waals surface area contributed by atoms with Crippen LogP contribution in [-0.2, 0) is 20.7 Å². The Morgan fingerprint density at radius 3 is 2.65 bits per heavy atom. The van der Waals surface area contributed by atoms with E-state index in [1.807, 2.05) is 6.07 Å². The lowest BCUT2D eigenvalue weighted by Crippen LogP contribution is -2.42. The van der Waals surface area contributed by atoms with Gasteiger partial charge in [0.25, 0.3) is 0 Å². The van der Waals surface area contributed by atoms with Gasteiger partial charge in [-0.2, -0.15) is 5.53 Å². The Kier molecular flexibility index (Phi) is 5.75. The fraction of sp³-hybridized carbons (Fsp3) is 0.560. The number of carbonyl (C=O) groups excluding carboxylic acids is 2. The number of nitrogens with zero attached hydrogens (tertiary/aromatic N) is 3. The SMILES string of the molecule is CC1=C(N2CCC3(CCC(N[C@H](C)c4ccc5c(c4)CCC(=N)N5N=N)CC3)C2=O)COC1=O. The first-order chi connectivity index (χ1) is 16.3. The Morgan fingerprint density at radius 2 is 1.97 bits per heavy atom. The van der Waals surface area contributed by atoms with Crippen LogP contribution in [0, 0.1) is 16.4 Å². The molecule has 1 aromatic carbocycles. The van der Waals surface area contributed by atoms with E-state index in [9.17, 15) is 9.59 Å². The zero-order valence-electron chi connectivity index (χ0n) is 19.8. The monoisotopic (exact) mass is 464 g/mol. The first kappa shape index (κ1) is 22.7. The number of likely N-dealkylation sites (tertiary alicyclic amines) is 1. The third-order valence-electron chi connectivity index (χ3n) is 8.16. The number of ether oxygens (including phenoxy) is 1. The van der Waals surface area contributed by atoms with Crippen molar-refractivity contribution in [2.24, 2.45) is 10.6 Å². The molecule has 3 aliphatic heterocycles. The van der Waals surface area contributed by atoms with Crippen LogP contribution >= 0.6 is 0 Å². The van der Waals surface area contributed by atoms with Crippen molar-refractivity contribution in [3.63, 3.8) is 0 Å². The second kappa shape index (κ2) is 8.61. The van der Waals surface area contributed by atoms with Crippen molar-refractivity contribution >= 4 is 23.4 Å². The van der Waals surface area contributed by atoms with E-state index >= 15 is 0 Å². The molecule has 1 aromatic rings. The van der Waals surface area contributed by atoms with Crippen LogP contribution in [0.15, 0.2) is 34.7 Å². The minimum atomic E-state index is -0.312. The first-order valence-electron chi connectivity index (χ1n) is 12.2. The second-order valence-corrected chi connectivity index (χ2v) is 10.0. The average molecular weight is 465 g/mol. The van der Waals surface area contributed by atoms with Crippen LogP contribution in [0.5, 0.6) is 0 Å². The maximum atomic E-state index is 13.3. The number of rotatable bonds is 5. The quantitative estimate of drug-likeness (QED) is 0.449. The van der Waals surface area contributed by atoms with Crippen LogP contribution in [0.3, 0.4) is 0 Å². The number of nitrogens with one attached hydrogen (secondary N) is 3. The highest BCUT2D eigenvalue weighted by Gasteiger charge is 2.50. The van der Waals surface area contributed by atoms with Gasteiger partial charge in [0.15, 0.2) is 0 Å². The zero-order valence-corrected chi connectivity index (χ0v) is 19.8. The fourth-order valence-electron chi connectivity index (χ4n) is 5.98. The molecular weight excluding hydrogens is 432 g/mol. The van der Waals surface area contributed by atoms with Gasteiger partial charge in [0.2, 0.25) is 5.91 Å². The molecular formula is C25H32N6O3. The lowest BCUT2D eigenvalue weighted by Gasteiger charge is -2.37. The number of benzene rings is 1. The van der Waals surface area contributed by atoms with Crippen molar-refractivity contribution in [3.8, 4) is 0 Å². The van der Waals surface area contributed by atoms with Crippen molar-refractivity contribution in [1.29, 1.82) is 10.9 Å². The Morgan fingerprint density at radius 1 is 1.21 bits per heavy atom. The molecule has 5 rings (SSSR count). The number of fused-ring (bicyclic) bond motifs is 1. The largest absolute Gasteiger partial charge is 0.456 e. The summed E-state index contributed by atoms with van der Waals surface area (Å²) >= 11 is 0. The van der Waals surface area contributed by atoms with Gasteiger partial charge in [-0.05, 0) is 69.6 Å². The lowest BCUT2D eigenvalue weighted by molar-refractivity contribution is -0.138. The van der Waals surface area contributed by atoms with Crippen molar-refractivity contribution in [3.05, 3.63) is 40.6 Å². The first-order valence-corrected chi connectivity index (χ1v) is 12.2. The van der Waals surface area contributed by atoms with E-state index in [1.54, 1.807) is 11.8 Å². The minimum Gasteiger partial charge on any atom is -0.456 e. The molecule has 9 heteroatoms. The molecule has 0 radical (unpaired) electrons. The van der Waals surface area contributed by atoms with Crippen molar-refractivity contribution < 1.29 is 14.3 Å². The molecule has 0 bridgehead atoms. The number of cyclic esters (lactones) is 1. The van der Waals surface area contributed by atoms with Crippen LogP contribution in [-0.4, -0.2) is 41.8 Å². The summed E-state index contributed by atoms with van der Waals surface area (Å²) in [5, 5.41) is 16.7. The highest BCUT2D eigenvalue weighted by atomic mass is 16.5. The second-order valence-electron chi connectivity index (χ2n) is 10.0. The van der Waals surface area contributed by atoms with E-state index < -0.39 is 0 Å². The summed E-state index contributed by atoms with van der Waals surface area (Å²) in [5.41, 5.74) is 11.5. The number of amidine groups is 1. The van der Waals surface area contributed by atoms with Gasteiger partial charge in [0.05, 0.1) is 22.4 Å². The predicted octanol–water partition coefficient (Wildman–Crippen LogP) is 4.01. The average Bonchev–Trinajstić information content (AvgIpc) is 3.33. The molecule has 1 atom stereocenters. The summed E-state index contributed by atoms with van der Waals surface area (Å²) in [6.45, 7) is 4.79. The highest BCUT2D eigenvalue weighted by molar-refractivity contribution is 5.97. The van der Waals surface area contributed by atoms with Gasteiger partial charge in [-0.15, -0.1) is 0 Å². The van der Waals surface area contributed by atoms with Crippen molar-refractivity contribution in [1.82, 2.24) is 10.2 Å². The molecule has 0 aromatic heterocycles. The van der Waals surface area contributed by atoms with Crippen LogP contribution in [0.25, 0.3) is 0 Å². The molecule has 0 unspecified atom stereocenters. The van der Waals surface area contributed by atoms with Gasteiger partial charge in [0.1, 0.15) is 12.4 Å². The fourth-order valence-corrected chi connectivity index (χ4v) is 5.98. The molecule has 3 N–H and O–H groups in total. The zero-order chi connectivity index (χ0) is 24.0. The van der Waals surface area contributed by atoms with Gasteiger partial charge in [-0.3, -0.25) is 10.2 Å². The number of hydrogen-bond acceptors (Lipinski definition) is 7. The van der Waals surface area contributed by atoms with Crippen molar-refractivity contribution in [2.45, 2.75) is 70.9 Å². The van der Waals surface area contributed by atoms with E-state index in [4.69, 9.17) is 15.7 Å². The van der Waals surface area contributed by atoms with Gasteiger partial charge in [0, 0.05) is 25.0 Å². The number of aryl methyl sites for hydroxylation is 1. The number of amides is 1. The third-order valence-corrected chi connectivity index (χ3v) is 8.16. The number of anilines is 1. The maximum Gasteiger partial charge on any atom is 0.336 e. The number of hydrogen-bond donors (Lipinski definition) is 3. The Hall–Kier alpha value is -3.07. The summed E-state index contributed by atoms with van der Waals surface area (Å²) in [5.74, 6) is 0.209. The summed E-state index contributed by atoms with van der Waals surface area (Å²) in [6.07, 6.45) is 5.84. The molecule has 1 saturated heterocycles. The molecule has 3 heterocycles. The standard InChI is InChI=1S/C25H32N6O3/c1-15-21(14-34-23(15)32)30-12-11-25(24(30)33)9-7-19(8-10-25)28-16(2)17-3-5-20-18(13-17)4-6-22(26)31(20)29-27/h3,5,13,16,19,26-28H,4,6-12,14H2,1-2H3/t16-,19?,25?/m1/s1. The molecule has 1 aliphatic carbocycles. The van der Waals surface area contributed by atoms with Gasteiger partial charge in [-0.25, -0.2) is 9.80 Å². The molecule has 9 nitrogen and oxygen atoms in total. The third kappa shape index (κ3) is 3.72. The van der Waals surface area contributed by atoms with E-state index in [0.717, 1.165) is 55.5 Å². The summed E-state index contributed by atoms with van der Waals surface area (Å²) in [7, 11) is 0. The van der Waals surface area contributed by atoms with Crippen LogP contribution in [0.4, 0.5) is 5.69 Å². The van der Waals surface area contributed by atoms with Crippen LogP contribution in [0.2, 0.25) is 0 Å². The topological polar surface area (TPSA) is 122 Å².